The van der Waals surface area contributed by atoms with Crippen LogP contribution in [0.15, 0.2) is 6.33 Å². The largest absolute Gasteiger partial charge is 0.370 e. The zero-order valence-electron chi connectivity index (χ0n) is 11.6. The Morgan fingerprint density at radius 2 is 1.78 bits per heavy atom. The molecule has 0 saturated carbocycles. The van der Waals surface area contributed by atoms with E-state index in [1.807, 2.05) is 11.8 Å². The number of hydrogen-bond acceptors (Lipinski definition) is 5. The zero-order valence-corrected chi connectivity index (χ0v) is 12.4. The molecule has 0 fully saturated rings. The maximum Gasteiger partial charge on any atom is 0.134 e. The van der Waals surface area contributed by atoms with Gasteiger partial charge in [-0.1, -0.05) is 13.8 Å². The Labute approximate surface area is 114 Å². The Morgan fingerprint density at radius 3 is 2.33 bits per heavy atom. The molecule has 0 amide bonds. The fourth-order valence-corrected chi connectivity index (χ4v) is 2.15. The van der Waals surface area contributed by atoms with Crippen LogP contribution in [0.5, 0.6) is 0 Å². The first kappa shape index (κ1) is 15.1. The second-order valence-corrected chi connectivity index (χ2v) is 5.09. The summed E-state index contributed by atoms with van der Waals surface area (Å²) in [7, 11) is 0. The van der Waals surface area contributed by atoms with E-state index in [-0.39, 0.29) is 0 Å². The first-order valence-corrected chi connectivity index (χ1v) is 8.03. The van der Waals surface area contributed by atoms with Crippen molar-refractivity contribution >= 4 is 23.4 Å². The van der Waals surface area contributed by atoms with Gasteiger partial charge in [0, 0.05) is 18.7 Å². The Bertz CT molecular complexity index is 344. The third kappa shape index (κ3) is 4.72. The average molecular weight is 268 g/mol. The summed E-state index contributed by atoms with van der Waals surface area (Å²) in [5, 5.41) is 6.77. The van der Waals surface area contributed by atoms with E-state index in [4.69, 9.17) is 0 Å². The molecule has 1 aromatic rings. The minimum atomic E-state index is 0.942. The molecule has 0 bridgehead atoms. The summed E-state index contributed by atoms with van der Waals surface area (Å²) in [6.07, 6.45) is 6.97. The highest BCUT2D eigenvalue weighted by molar-refractivity contribution is 7.98. The average Bonchev–Trinajstić information content (AvgIpc) is 2.41. The number of hydrogen-bond donors (Lipinski definition) is 2. The van der Waals surface area contributed by atoms with Crippen LogP contribution in [-0.2, 0) is 6.42 Å². The Morgan fingerprint density at radius 1 is 1.11 bits per heavy atom. The van der Waals surface area contributed by atoms with Crippen LogP contribution in [0, 0.1) is 0 Å². The van der Waals surface area contributed by atoms with Gasteiger partial charge < -0.3 is 10.6 Å². The highest BCUT2D eigenvalue weighted by Gasteiger charge is 2.08. The van der Waals surface area contributed by atoms with Gasteiger partial charge in [-0.25, -0.2) is 9.97 Å². The molecular formula is C13H24N4S. The molecule has 4 nitrogen and oxygen atoms in total. The molecule has 0 aliphatic carbocycles. The van der Waals surface area contributed by atoms with Gasteiger partial charge in [0.05, 0.1) is 0 Å². The van der Waals surface area contributed by atoms with Crippen LogP contribution in [0.1, 0.15) is 32.3 Å². The van der Waals surface area contributed by atoms with E-state index >= 15 is 0 Å². The molecule has 1 heterocycles. The SMILES string of the molecule is CCCNc1ncnc(NCCCSC)c1CC. The van der Waals surface area contributed by atoms with Gasteiger partial charge >= 0.3 is 0 Å². The quantitative estimate of drug-likeness (QED) is 0.674. The van der Waals surface area contributed by atoms with E-state index in [1.165, 1.54) is 11.3 Å². The van der Waals surface area contributed by atoms with Crippen LogP contribution in [0.3, 0.4) is 0 Å². The van der Waals surface area contributed by atoms with E-state index < -0.39 is 0 Å². The molecule has 0 atom stereocenters. The van der Waals surface area contributed by atoms with Crippen LogP contribution < -0.4 is 10.6 Å². The van der Waals surface area contributed by atoms with Crippen molar-refractivity contribution in [3.8, 4) is 0 Å². The summed E-state index contributed by atoms with van der Waals surface area (Å²) < 4.78 is 0. The number of anilines is 2. The Balaban J connectivity index is 2.65. The van der Waals surface area contributed by atoms with Crippen molar-refractivity contribution in [1.82, 2.24) is 9.97 Å². The maximum absolute atomic E-state index is 4.35. The Kier molecular flexibility index (Phi) is 7.57. The summed E-state index contributed by atoms with van der Waals surface area (Å²) in [5.41, 5.74) is 1.19. The van der Waals surface area contributed by atoms with E-state index in [0.29, 0.717) is 0 Å². The lowest BCUT2D eigenvalue weighted by Gasteiger charge is -2.13. The molecule has 0 aromatic carbocycles. The molecule has 2 N–H and O–H groups in total. The lowest BCUT2D eigenvalue weighted by atomic mass is 10.2. The zero-order chi connectivity index (χ0) is 13.2. The molecule has 18 heavy (non-hydrogen) atoms. The van der Waals surface area contributed by atoms with Crippen molar-refractivity contribution in [2.75, 3.05) is 35.7 Å². The molecule has 102 valence electrons. The third-order valence-electron chi connectivity index (χ3n) is 2.66. The minimum Gasteiger partial charge on any atom is -0.370 e. The molecule has 0 unspecified atom stereocenters. The van der Waals surface area contributed by atoms with E-state index in [0.717, 1.165) is 44.0 Å². The molecule has 1 rings (SSSR count). The normalized spacial score (nSPS) is 10.4. The third-order valence-corrected chi connectivity index (χ3v) is 3.36. The number of aromatic nitrogens is 2. The first-order chi connectivity index (χ1) is 8.83. The topological polar surface area (TPSA) is 49.8 Å². The highest BCUT2D eigenvalue weighted by atomic mass is 32.2. The van der Waals surface area contributed by atoms with E-state index in [1.54, 1.807) is 6.33 Å². The minimum absolute atomic E-state index is 0.942. The second kappa shape index (κ2) is 9.03. The molecule has 1 aromatic heterocycles. The van der Waals surface area contributed by atoms with Crippen LogP contribution in [0.4, 0.5) is 11.6 Å². The Hall–Kier alpha value is -0.970. The van der Waals surface area contributed by atoms with Crippen LogP contribution in [0.25, 0.3) is 0 Å². The molecule has 0 radical (unpaired) electrons. The summed E-state index contributed by atoms with van der Waals surface area (Å²) in [5.74, 6) is 3.13. The summed E-state index contributed by atoms with van der Waals surface area (Å²) in [6.45, 7) is 6.22. The molecule has 0 aliphatic heterocycles. The number of rotatable bonds is 9. The van der Waals surface area contributed by atoms with Crippen molar-refractivity contribution in [2.24, 2.45) is 0 Å². The highest BCUT2D eigenvalue weighted by Crippen LogP contribution is 2.20. The van der Waals surface area contributed by atoms with Gasteiger partial charge in [-0.2, -0.15) is 11.8 Å². The van der Waals surface area contributed by atoms with Gasteiger partial charge in [0.2, 0.25) is 0 Å². The summed E-state index contributed by atoms with van der Waals surface area (Å²) in [4.78, 5) is 8.67. The van der Waals surface area contributed by atoms with Gasteiger partial charge in [0.1, 0.15) is 18.0 Å². The number of thioether (sulfide) groups is 1. The van der Waals surface area contributed by atoms with Crippen LogP contribution >= 0.6 is 11.8 Å². The molecular weight excluding hydrogens is 244 g/mol. The van der Waals surface area contributed by atoms with Crippen molar-refractivity contribution in [2.45, 2.75) is 33.1 Å². The smallest absolute Gasteiger partial charge is 0.134 e. The number of nitrogens with one attached hydrogen (secondary N) is 2. The summed E-state index contributed by atoms with van der Waals surface area (Å²) >= 11 is 1.88. The molecule has 0 aliphatic rings. The van der Waals surface area contributed by atoms with Crippen LogP contribution in [0.2, 0.25) is 0 Å². The van der Waals surface area contributed by atoms with Gasteiger partial charge in [-0.05, 0) is 31.3 Å². The second-order valence-electron chi connectivity index (χ2n) is 4.10. The monoisotopic (exact) mass is 268 g/mol. The van der Waals surface area contributed by atoms with Crippen LogP contribution in [-0.4, -0.2) is 35.1 Å². The first-order valence-electron chi connectivity index (χ1n) is 6.64. The van der Waals surface area contributed by atoms with E-state index in [9.17, 15) is 0 Å². The molecule has 5 heteroatoms. The molecule has 0 spiro atoms. The van der Waals surface area contributed by atoms with E-state index in [2.05, 4.69) is 40.7 Å². The predicted molar refractivity (Wildman–Crippen MR) is 81.7 cm³/mol. The van der Waals surface area contributed by atoms with Crippen molar-refractivity contribution in [1.29, 1.82) is 0 Å². The number of nitrogens with zero attached hydrogens (tertiary/aromatic N) is 2. The lowest BCUT2D eigenvalue weighted by Crippen LogP contribution is -2.11. The van der Waals surface area contributed by atoms with Crippen molar-refractivity contribution in [3.63, 3.8) is 0 Å². The van der Waals surface area contributed by atoms with Gasteiger partial charge in [0.15, 0.2) is 0 Å². The fourth-order valence-electron chi connectivity index (χ4n) is 1.72. The van der Waals surface area contributed by atoms with Crippen molar-refractivity contribution in [3.05, 3.63) is 11.9 Å². The standard InChI is InChI=1S/C13H24N4S/c1-4-7-14-12-11(5-2)13(17-10-16-12)15-8-6-9-18-3/h10H,4-9H2,1-3H3,(H2,14,15,16,17). The van der Waals surface area contributed by atoms with Gasteiger partial charge in [0.25, 0.3) is 0 Å². The van der Waals surface area contributed by atoms with Gasteiger partial charge in [-0.15, -0.1) is 0 Å². The predicted octanol–water partition coefficient (Wildman–Crippen LogP) is 3.03. The van der Waals surface area contributed by atoms with Crippen molar-refractivity contribution < 1.29 is 0 Å². The fraction of sp³-hybridized carbons (Fsp3) is 0.692. The summed E-state index contributed by atoms with van der Waals surface area (Å²) in [6, 6.07) is 0. The maximum atomic E-state index is 4.35. The van der Waals surface area contributed by atoms with Gasteiger partial charge in [-0.3, -0.25) is 0 Å². The lowest BCUT2D eigenvalue weighted by molar-refractivity contribution is 0.933. The molecule has 0 saturated heterocycles.